The van der Waals surface area contributed by atoms with E-state index in [-0.39, 0.29) is 6.04 Å². The maximum atomic E-state index is 4.38. The summed E-state index contributed by atoms with van der Waals surface area (Å²) in [6.07, 6.45) is 5.66. The fourth-order valence-electron chi connectivity index (χ4n) is 2.32. The van der Waals surface area contributed by atoms with Gasteiger partial charge in [-0.1, -0.05) is 30.3 Å². The second-order valence-corrected chi connectivity index (χ2v) is 4.88. The van der Waals surface area contributed by atoms with Crippen molar-refractivity contribution < 1.29 is 0 Å². The number of pyridine rings is 2. The van der Waals surface area contributed by atoms with Crippen molar-refractivity contribution >= 4 is 10.8 Å². The first kappa shape index (κ1) is 12.8. The highest BCUT2D eigenvalue weighted by atomic mass is 14.9. The van der Waals surface area contributed by atoms with Crippen molar-refractivity contribution in [3.05, 3.63) is 72.3 Å². The van der Waals surface area contributed by atoms with Crippen LogP contribution in [0, 0.1) is 0 Å². The molecule has 0 unspecified atom stereocenters. The molecule has 0 saturated carbocycles. The first-order valence-corrected chi connectivity index (χ1v) is 6.80. The van der Waals surface area contributed by atoms with Gasteiger partial charge in [0.1, 0.15) is 0 Å². The summed E-state index contributed by atoms with van der Waals surface area (Å²) in [7, 11) is 0. The van der Waals surface area contributed by atoms with Crippen molar-refractivity contribution in [3.63, 3.8) is 0 Å². The van der Waals surface area contributed by atoms with Gasteiger partial charge in [0.2, 0.25) is 0 Å². The monoisotopic (exact) mass is 263 g/mol. The van der Waals surface area contributed by atoms with Crippen LogP contribution in [0.5, 0.6) is 0 Å². The molecule has 0 saturated heterocycles. The fourth-order valence-corrected chi connectivity index (χ4v) is 2.32. The molecule has 0 fully saturated rings. The van der Waals surface area contributed by atoms with Crippen molar-refractivity contribution in [2.45, 2.75) is 19.5 Å². The quantitative estimate of drug-likeness (QED) is 0.783. The fraction of sp³-hybridized carbons (Fsp3) is 0.176. The third-order valence-corrected chi connectivity index (χ3v) is 3.48. The van der Waals surface area contributed by atoms with Crippen molar-refractivity contribution in [2.75, 3.05) is 0 Å². The molecule has 0 aliphatic rings. The van der Waals surface area contributed by atoms with Crippen LogP contribution in [0.25, 0.3) is 10.8 Å². The highest BCUT2D eigenvalue weighted by Crippen LogP contribution is 2.18. The van der Waals surface area contributed by atoms with Crippen molar-refractivity contribution in [1.82, 2.24) is 15.3 Å². The Morgan fingerprint density at radius 3 is 2.75 bits per heavy atom. The number of aromatic nitrogens is 2. The lowest BCUT2D eigenvalue weighted by molar-refractivity contribution is 0.562. The number of benzene rings is 1. The Kier molecular flexibility index (Phi) is 3.70. The summed E-state index contributed by atoms with van der Waals surface area (Å²) in [6, 6.07) is 14.5. The van der Waals surface area contributed by atoms with Crippen LogP contribution in [-0.2, 0) is 6.54 Å². The largest absolute Gasteiger partial charge is 0.305 e. The third-order valence-electron chi connectivity index (χ3n) is 3.48. The van der Waals surface area contributed by atoms with Gasteiger partial charge >= 0.3 is 0 Å². The molecule has 100 valence electrons. The molecule has 3 rings (SSSR count). The van der Waals surface area contributed by atoms with Crippen LogP contribution in [0.1, 0.15) is 24.2 Å². The molecule has 1 atom stereocenters. The molecule has 0 spiro atoms. The minimum Gasteiger partial charge on any atom is -0.305 e. The maximum Gasteiger partial charge on any atom is 0.0570 e. The average molecular weight is 263 g/mol. The first-order valence-electron chi connectivity index (χ1n) is 6.80. The smallest absolute Gasteiger partial charge is 0.0570 e. The predicted octanol–water partition coefficient (Wildman–Crippen LogP) is 3.48. The van der Waals surface area contributed by atoms with Gasteiger partial charge in [-0.05, 0) is 30.0 Å². The molecule has 1 aromatic carbocycles. The van der Waals surface area contributed by atoms with E-state index >= 15 is 0 Å². The second-order valence-electron chi connectivity index (χ2n) is 4.88. The van der Waals surface area contributed by atoms with Gasteiger partial charge in [0.15, 0.2) is 0 Å². The molecule has 0 aliphatic carbocycles. The summed E-state index contributed by atoms with van der Waals surface area (Å²) < 4.78 is 0. The number of nitrogens with zero attached hydrogens (tertiary/aromatic N) is 2. The molecular weight excluding hydrogens is 246 g/mol. The summed E-state index contributed by atoms with van der Waals surface area (Å²) in [6.45, 7) is 2.91. The van der Waals surface area contributed by atoms with E-state index in [4.69, 9.17) is 0 Å². The summed E-state index contributed by atoms with van der Waals surface area (Å²) in [5, 5.41) is 5.94. The molecule has 0 radical (unpaired) electrons. The van der Waals surface area contributed by atoms with Gasteiger partial charge < -0.3 is 5.32 Å². The molecule has 1 N–H and O–H groups in total. The average Bonchev–Trinajstić information content (AvgIpc) is 2.53. The number of hydrogen-bond donors (Lipinski definition) is 1. The lowest BCUT2D eigenvalue weighted by Crippen LogP contribution is -2.19. The van der Waals surface area contributed by atoms with Crippen LogP contribution >= 0.6 is 0 Å². The number of hydrogen-bond acceptors (Lipinski definition) is 3. The van der Waals surface area contributed by atoms with Crippen LogP contribution in [0.3, 0.4) is 0 Å². The van der Waals surface area contributed by atoms with E-state index in [1.165, 1.54) is 16.3 Å². The number of nitrogens with one attached hydrogen (secondary N) is 1. The molecular formula is C17H17N3. The molecule has 3 aromatic rings. The lowest BCUT2D eigenvalue weighted by atomic mass is 10.1. The van der Waals surface area contributed by atoms with Gasteiger partial charge in [-0.2, -0.15) is 0 Å². The molecule has 0 aliphatic heterocycles. The number of fused-ring (bicyclic) bond motifs is 1. The summed E-state index contributed by atoms with van der Waals surface area (Å²) in [5.41, 5.74) is 2.27. The van der Waals surface area contributed by atoms with Crippen LogP contribution in [0.4, 0.5) is 0 Å². The summed E-state index contributed by atoms with van der Waals surface area (Å²) in [5.74, 6) is 0. The normalized spacial score (nSPS) is 12.4. The van der Waals surface area contributed by atoms with E-state index < -0.39 is 0 Å². The van der Waals surface area contributed by atoms with Gasteiger partial charge in [0.05, 0.1) is 5.69 Å². The highest BCUT2D eigenvalue weighted by Gasteiger charge is 2.07. The van der Waals surface area contributed by atoms with Crippen molar-refractivity contribution in [1.29, 1.82) is 0 Å². The topological polar surface area (TPSA) is 37.8 Å². The van der Waals surface area contributed by atoms with Crippen molar-refractivity contribution in [2.24, 2.45) is 0 Å². The van der Waals surface area contributed by atoms with Crippen LogP contribution in [0.2, 0.25) is 0 Å². The van der Waals surface area contributed by atoms with E-state index in [0.29, 0.717) is 0 Å². The van der Waals surface area contributed by atoms with E-state index in [0.717, 1.165) is 12.2 Å². The standard InChI is InChI=1S/C17H17N3/c1-13(17-8-4-5-9-19-17)20-12-15-11-18-10-14-6-2-3-7-16(14)15/h2-11,13,20H,12H2,1H3/t13-/m1/s1. The zero-order valence-electron chi connectivity index (χ0n) is 11.5. The first-order chi connectivity index (χ1) is 9.84. The molecule has 3 nitrogen and oxygen atoms in total. The van der Waals surface area contributed by atoms with Crippen LogP contribution < -0.4 is 5.32 Å². The Hall–Kier alpha value is -2.26. The Morgan fingerprint density at radius 1 is 1.05 bits per heavy atom. The Bertz CT molecular complexity index is 689. The van der Waals surface area contributed by atoms with Gasteiger partial charge in [0, 0.05) is 36.6 Å². The predicted molar refractivity (Wildman–Crippen MR) is 81.2 cm³/mol. The summed E-state index contributed by atoms with van der Waals surface area (Å²) >= 11 is 0. The minimum atomic E-state index is 0.218. The molecule has 0 amide bonds. The van der Waals surface area contributed by atoms with E-state index in [1.807, 2.05) is 42.9 Å². The maximum absolute atomic E-state index is 4.38. The third kappa shape index (κ3) is 2.68. The van der Waals surface area contributed by atoms with Crippen LogP contribution in [-0.4, -0.2) is 9.97 Å². The number of rotatable bonds is 4. The second kappa shape index (κ2) is 5.80. The van der Waals surface area contributed by atoms with E-state index in [9.17, 15) is 0 Å². The molecule has 20 heavy (non-hydrogen) atoms. The zero-order valence-corrected chi connectivity index (χ0v) is 11.5. The van der Waals surface area contributed by atoms with Crippen molar-refractivity contribution in [3.8, 4) is 0 Å². The van der Waals surface area contributed by atoms with Gasteiger partial charge in [-0.25, -0.2) is 0 Å². The molecule has 2 aromatic heterocycles. The van der Waals surface area contributed by atoms with Gasteiger partial charge in [0.25, 0.3) is 0 Å². The van der Waals surface area contributed by atoms with E-state index in [2.05, 4.69) is 40.4 Å². The zero-order chi connectivity index (χ0) is 13.8. The van der Waals surface area contributed by atoms with Crippen LogP contribution in [0.15, 0.2) is 61.1 Å². The highest BCUT2D eigenvalue weighted by molar-refractivity contribution is 5.84. The van der Waals surface area contributed by atoms with Gasteiger partial charge in [-0.15, -0.1) is 0 Å². The SMILES string of the molecule is C[C@@H](NCc1cncc2ccccc12)c1ccccn1. The van der Waals surface area contributed by atoms with E-state index in [1.54, 1.807) is 0 Å². The molecule has 2 heterocycles. The molecule has 3 heteroatoms. The Balaban J connectivity index is 1.77. The Morgan fingerprint density at radius 2 is 1.90 bits per heavy atom. The molecule has 0 bridgehead atoms. The lowest BCUT2D eigenvalue weighted by Gasteiger charge is -2.14. The Labute approximate surface area is 118 Å². The summed E-state index contributed by atoms with van der Waals surface area (Å²) in [4.78, 5) is 8.68. The minimum absolute atomic E-state index is 0.218. The van der Waals surface area contributed by atoms with Gasteiger partial charge in [-0.3, -0.25) is 9.97 Å².